The third kappa shape index (κ3) is 18.1. The molecule has 0 saturated heterocycles. The lowest BCUT2D eigenvalue weighted by atomic mass is 10.1. The number of aryl methyl sites for hydroxylation is 1. The summed E-state index contributed by atoms with van der Waals surface area (Å²) in [6.45, 7) is 1.87. The van der Waals surface area contributed by atoms with E-state index in [2.05, 4.69) is 6.07 Å². The Bertz CT molecular complexity index is 438. The normalized spacial score (nSPS) is 7.21. The van der Waals surface area contributed by atoms with Crippen LogP contribution < -0.4 is 6.15 Å². The molecule has 106 valence electrons. The molecule has 8 nitrogen and oxygen atoms in total. The smallest absolute Gasteiger partial charge is 0.450 e. The van der Waals surface area contributed by atoms with Crippen LogP contribution in [0.1, 0.15) is 11.1 Å². The molecule has 19 heavy (non-hydrogen) atoms. The van der Waals surface area contributed by atoms with Gasteiger partial charge in [-0.05, 0) is 30.7 Å². The van der Waals surface area contributed by atoms with E-state index in [-0.39, 0.29) is 6.15 Å². The van der Waals surface area contributed by atoms with Crippen molar-refractivity contribution in [3.63, 3.8) is 0 Å². The highest BCUT2D eigenvalue weighted by atomic mass is 35.5. The predicted molar refractivity (Wildman–Crippen MR) is 67.2 cm³/mol. The van der Waals surface area contributed by atoms with Crippen molar-refractivity contribution < 1.29 is 30.0 Å². The summed E-state index contributed by atoms with van der Waals surface area (Å²) < 4.78 is 0. The fourth-order valence-electron chi connectivity index (χ4n) is 0.753. The second-order valence-corrected chi connectivity index (χ2v) is 3.07. The second-order valence-electron chi connectivity index (χ2n) is 2.64. The molecule has 1 aromatic carbocycles. The van der Waals surface area contributed by atoms with Crippen molar-refractivity contribution in [3.8, 4) is 6.07 Å². The Hall–Kier alpha value is -2.50. The van der Waals surface area contributed by atoms with Gasteiger partial charge in [0, 0.05) is 5.02 Å². The van der Waals surface area contributed by atoms with Crippen molar-refractivity contribution in [3.05, 3.63) is 34.3 Å². The fraction of sp³-hybridized carbons (Fsp3) is 0.100. The maximum atomic E-state index is 8.56. The fourth-order valence-corrected chi connectivity index (χ4v) is 0.979. The van der Waals surface area contributed by atoms with Crippen LogP contribution in [-0.2, 0) is 0 Å². The SMILES string of the molecule is Cc1cc(Cl)ccc1C#N.N.O=C(O)O.O=C(O)O. The van der Waals surface area contributed by atoms with E-state index in [9.17, 15) is 0 Å². The zero-order valence-corrected chi connectivity index (χ0v) is 10.6. The maximum absolute atomic E-state index is 8.56. The number of nitrogens with zero attached hydrogens (tertiary/aromatic N) is 1. The summed E-state index contributed by atoms with van der Waals surface area (Å²) in [7, 11) is 0. The van der Waals surface area contributed by atoms with Crippen molar-refractivity contribution in [2.45, 2.75) is 6.92 Å². The van der Waals surface area contributed by atoms with Crippen LogP contribution in [-0.4, -0.2) is 32.7 Å². The molecule has 1 rings (SSSR count). The molecule has 0 radical (unpaired) electrons. The van der Waals surface area contributed by atoms with Gasteiger partial charge in [0.2, 0.25) is 0 Å². The highest BCUT2D eigenvalue weighted by Gasteiger charge is 1.95. The van der Waals surface area contributed by atoms with E-state index in [1.165, 1.54) is 0 Å². The number of rotatable bonds is 0. The second kappa shape index (κ2) is 12.0. The third-order valence-corrected chi connectivity index (χ3v) is 1.54. The minimum absolute atomic E-state index is 0. The molecule has 0 saturated carbocycles. The molecule has 0 fully saturated rings. The molecule has 0 aliphatic rings. The van der Waals surface area contributed by atoms with Crippen molar-refractivity contribution in [1.82, 2.24) is 6.15 Å². The van der Waals surface area contributed by atoms with E-state index in [1.807, 2.05) is 6.92 Å². The molecule has 0 aliphatic heterocycles. The summed E-state index contributed by atoms with van der Waals surface area (Å²) in [5, 5.41) is 37.1. The lowest BCUT2D eigenvalue weighted by Crippen LogP contribution is -1.81. The summed E-state index contributed by atoms with van der Waals surface area (Å²) in [5.41, 5.74) is 1.61. The van der Waals surface area contributed by atoms with Gasteiger partial charge in [0.05, 0.1) is 11.6 Å². The van der Waals surface area contributed by atoms with Gasteiger partial charge in [-0.2, -0.15) is 5.26 Å². The summed E-state index contributed by atoms with van der Waals surface area (Å²) in [5.74, 6) is 0. The Morgan fingerprint density at radius 3 is 1.79 bits per heavy atom. The van der Waals surface area contributed by atoms with Crippen LogP contribution in [0.15, 0.2) is 18.2 Å². The summed E-state index contributed by atoms with van der Waals surface area (Å²) >= 11 is 5.66. The number of carbonyl (C=O) groups is 2. The molecule has 0 bridgehead atoms. The van der Waals surface area contributed by atoms with Crippen molar-refractivity contribution in [2.75, 3.05) is 0 Å². The first-order valence-electron chi connectivity index (χ1n) is 4.20. The lowest BCUT2D eigenvalue weighted by Gasteiger charge is -1.94. The minimum atomic E-state index is -1.83. The zero-order valence-electron chi connectivity index (χ0n) is 9.87. The highest BCUT2D eigenvalue weighted by molar-refractivity contribution is 6.30. The first kappa shape index (κ1) is 21.8. The molecule has 0 amide bonds. The summed E-state index contributed by atoms with van der Waals surface area (Å²) in [4.78, 5) is 17.1. The van der Waals surface area contributed by atoms with Crippen molar-refractivity contribution >= 4 is 23.9 Å². The Balaban J connectivity index is -0.000000242. The standard InChI is InChI=1S/C8H6ClN.2CH2O3.H3N/c1-6-4-8(9)3-2-7(6)5-10;2*2-1(3)4;/h2-4H,1H3;2*(H2,2,3,4);1H3. The third-order valence-electron chi connectivity index (χ3n) is 1.31. The van der Waals surface area contributed by atoms with Gasteiger partial charge in [-0.1, -0.05) is 11.6 Å². The van der Waals surface area contributed by atoms with Crippen LogP contribution >= 0.6 is 11.6 Å². The molecule has 0 heterocycles. The monoisotopic (exact) mass is 292 g/mol. The van der Waals surface area contributed by atoms with E-state index in [1.54, 1.807) is 18.2 Å². The quantitative estimate of drug-likeness (QED) is 0.484. The van der Waals surface area contributed by atoms with Crippen LogP contribution in [0.4, 0.5) is 9.59 Å². The molecule has 0 aliphatic carbocycles. The van der Waals surface area contributed by atoms with Crippen LogP contribution in [0.3, 0.4) is 0 Å². The van der Waals surface area contributed by atoms with Gasteiger partial charge in [0.25, 0.3) is 0 Å². The van der Waals surface area contributed by atoms with Crippen molar-refractivity contribution in [2.24, 2.45) is 0 Å². The average Bonchev–Trinajstić information content (AvgIpc) is 2.15. The topological polar surface area (TPSA) is 174 Å². The maximum Gasteiger partial charge on any atom is 0.503 e. The van der Waals surface area contributed by atoms with E-state index in [0.717, 1.165) is 5.56 Å². The minimum Gasteiger partial charge on any atom is -0.450 e. The highest BCUT2D eigenvalue weighted by Crippen LogP contribution is 2.13. The summed E-state index contributed by atoms with van der Waals surface area (Å²) in [6.07, 6.45) is -3.67. The molecule has 0 unspecified atom stereocenters. The molecule has 0 aromatic heterocycles. The van der Waals surface area contributed by atoms with E-state index in [0.29, 0.717) is 10.6 Å². The lowest BCUT2D eigenvalue weighted by molar-refractivity contribution is 0.135. The van der Waals surface area contributed by atoms with Gasteiger partial charge in [-0.3, -0.25) is 0 Å². The Kier molecular flexibility index (Phi) is 13.7. The number of hydrogen-bond acceptors (Lipinski definition) is 4. The molecular formula is C10H13ClN2O6. The van der Waals surface area contributed by atoms with Crippen LogP contribution in [0.2, 0.25) is 5.02 Å². The predicted octanol–water partition coefficient (Wildman–Crippen LogP) is 3.13. The molecule has 1 aromatic rings. The Labute approximate surface area is 113 Å². The number of halogens is 1. The first-order valence-corrected chi connectivity index (χ1v) is 4.58. The van der Waals surface area contributed by atoms with E-state index in [4.69, 9.17) is 46.9 Å². The molecule has 0 spiro atoms. The number of nitriles is 1. The Morgan fingerprint density at radius 1 is 1.16 bits per heavy atom. The molecule has 9 heteroatoms. The van der Waals surface area contributed by atoms with Gasteiger partial charge in [0.15, 0.2) is 0 Å². The molecule has 0 atom stereocenters. The average molecular weight is 293 g/mol. The number of benzene rings is 1. The van der Waals surface area contributed by atoms with Gasteiger partial charge >= 0.3 is 12.3 Å². The van der Waals surface area contributed by atoms with Crippen molar-refractivity contribution in [1.29, 1.82) is 5.26 Å². The Morgan fingerprint density at radius 2 is 1.53 bits per heavy atom. The van der Waals surface area contributed by atoms with E-state index >= 15 is 0 Å². The molecule has 7 N–H and O–H groups in total. The number of hydrogen-bond donors (Lipinski definition) is 5. The number of carboxylic acid groups (broad SMARTS) is 4. The van der Waals surface area contributed by atoms with Gasteiger partial charge in [-0.15, -0.1) is 0 Å². The van der Waals surface area contributed by atoms with Crippen LogP contribution in [0.25, 0.3) is 0 Å². The van der Waals surface area contributed by atoms with Crippen LogP contribution in [0, 0.1) is 18.3 Å². The van der Waals surface area contributed by atoms with E-state index < -0.39 is 12.3 Å². The van der Waals surface area contributed by atoms with Gasteiger partial charge in [-0.25, -0.2) is 9.59 Å². The van der Waals surface area contributed by atoms with Gasteiger partial charge in [0.1, 0.15) is 0 Å². The molecular weight excluding hydrogens is 280 g/mol. The largest absolute Gasteiger partial charge is 0.503 e. The summed E-state index contributed by atoms with van der Waals surface area (Å²) in [6, 6.07) is 7.28. The zero-order chi connectivity index (χ0) is 14.7. The van der Waals surface area contributed by atoms with Crippen LogP contribution in [0.5, 0.6) is 0 Å². The first-order chi connectivity index (χ1) is 8.20. The van der Waals surface area contributed by atoms with Gasteiger partial charge < -0.3 is 26.6 Å².